The summed E-state index contributed by atoms with van der Waals surface area (Å²) >= 11 is 1.53. The van der Waals surface area contributed by atoms with Gasteiger partial charge in [-0.1, -0.05) is 0 Å². The summed E-state index contributed by atoms with van der Waals surface area (Å²) in [5.41, 5.74) is 3.27. The normalized spacial score (nSPS) is 14.2. The number of amides is 1. The Balaban J connectivity index is 1.51. The zero-order valence-electron chi connectivity index (χ0n) is 20.4. The molecule has 1 fully saturated rings. The number of rotatable bonds is 7. The third kappa shape index (κ3) is 4.11. The van der Waals surface area contributed by atoms with Crippen molar-refractivity contribution in [3.63, 3.8) is 0 Å². The maximum atomic E-state index is 13.6. The molecule has 2 aromatic carbocycles. The van der Waals surface area contributed by atoms with Crippen molar-refractivity contribution in [1.29, 1.82) is 0 Å². The van der Waals surface area contributed by atoms with E-state index in [0.29, 0.717) is 29.5 Å². The van der Waals surface area contributed by atoms with Crippen molar-refractivity contribution in [2.45, 2.75) is 32.4 Å². The van der Waals surface area contributed by atoms with Gasteiger partial charge in [0.2, 0.25) is 6.79 Å². The molecule has 4 aromatic rings. The predicted octanol–water partition coefficient (Wildman–Crippen LogP) is 5.82. The van der Waals surface area contributed by atoms with Crippen LogP contribution in [0.2, 0.25) is 0 Å². The van der Waals surface area contributed by atoms with Gasteiger partial charge in [0.15, 0.2) is 11.5 Å². The van der Waals surface area contributed by atoms with E-state index >= 15 is 0 Å². The number of methoxy groups -OCH3 is 2. The molecule has 0 radical (unpaired) electrons. The van der Waals surface area contributed by atoms with Gasteiger partial charge in [0.05, 0.1) is 30.3 Å². The van der Waals surface area contributed by atoms with Crippen LogP contribution in [0.15, 0.2) is 48.5 Å². The van der Waals surface area contributed by atoms with E-state index in [9.17, 15) is 4.79 Å². The number of nitrogens with zero attached hydrogens (tertiary/aromatic N) is 2. The summed E-state index contributed by atoms with van der Waals surface area (Å²) < 4.78 is 22.4. The van der Waals surface area contributed by atoms with Crippen molar-refractivity contribution in [2.75, 3.05) is 21.0 Å². The van der Waals surface area contributed by atoms with E-state index in [2.05, 4.69) is 6.07 Å². The number of hydrogen-bond donors (Lipinski definition) is 0. The van der Waals surface area contributed by atoms with Gasteiger partial charge in [-0.15, -0.1) is 11.3 Å². The van der Waals surface area contributed by atoms with E-state index in [0.717, 1.165) is 50.3 Å². The predicted molar refractivity (Wildman–Crippen MR) is 138 cm³/mol. The summed E-state index contributed by atoms with van der Waals surface area (Å²) in [6, 6.07) is 15.8. The highest BCUT2D eigenvalue weighted by Gasteiger charge is 2.34. The molecule has 1 aliphatic carbocycles. The highest BCUT2D eigenvalue weighted by Crippen LogP contribution is 2.41. The Morgan fingerprint density at radius 3 is 2.56 bits per heavy atom. The largest absolute Gasteiger partial charge is 0.497 e. The molecule has 2 aliphatic rings. The first-order chi connectivity index (χ1) is 17.5. The van der Waals surface area contributed by atoms with Gasteiger partial charge in [-0.2, -0.15) is 0 Å². The van der Waals surface area contributed by atoms with Crippen LogP contribution >= 0.6 is 11.3 Å². The highest BCUT2D eigenvalue weighted by molar-refractivity contribution is 7.13. The summed E-state index contributed by atoms with van der Waals surface area (Å²) in [4.78, 5) is 22.5. The molecule has 1 amide bonds. The maximum absolute atomic E-state index is 13.6. The fourth-order valence-electron chi connectivity index (χ4n) is 4.59. The summed E-state index contributed by atoms with van der Waals surface area (Å²) in [7, 11) is 3.28. The topological polar surface area (TPSA) is 70.1 Å². The minimum Gasteiger partial charge on any atom is -0.497 e. The van der Waals surface area contributed by atoms with E-state index in [4.69, 9.17) is 23.9 Å². The maximum Gasteiger partial charge on any atom is 0.264 e. The molecule has 0 bridgehead atoms. The van der Waals surface area contributed by atoms with Crippen LogP contribution in [0, 0.1) is 6.92 Å². The van der Waals surface area contributed by atoms with Crippen molar-refractivity contribution in [2.24, 2.45) is 0 Å². The number of hydrogen-bond acceptors (Lipinski definition) is 7. The number of ether oxygens (including phenoxy) is 4. The number of thiophene rings is 1. The minimum atomic E-state index is 0.0601. The van der Waals surface area contributed by atoms with E-state index in [-0.39, 0.29) is 18.7 Å². The molecule has 2 aromatic heterocycles. The first-order valence-electron chi connectivity index (χ1n) is 11.9. The molecule has 1 saturated carbocycles. The molecule has 0 unspecified atom stereocenters. The molecule has 1 aliphatic heterocycles. The lowest BCUT2D eigenvalue weighted by molar-refractivity contribution is 0.0735. The Morgan fingerprint density at radius 1 is 1.06 bits per heavy atom. The highest BCUT2D eigenvalue weighted by atomic mass is 32.1. The van der Waals surface area contributed by atoms with E-state index in [1.807, 2.05) is 54.3 Å². The van der Waals surface area contributed by atoms with Crippen LogP contribution in [-0.2, 0) is 6.54 Å². The SMILES string of the molecule is COc1ccc(OC)c(-c2nc3cc4c(cc3cc2CN(C(=O)c2ccc(C)s2)C2CC2)OCO4)c1. The lowest BCUT2D eigenvalue weighted by atomic mass is 10.0. The molecule has 8 heteroatoms. The van der Waals surface area contributed by atoms with Crippen LogP contribution in [-0.4, -0.2) is 42.8 Å². The average Bonchev–Trinajstić information content (AvgIpc) is 3.48. The summed E-state index contributed by atoms with van der Waals surface area (Å²) in [5, 5.41) is 0.926. The van der Waals surface area contributed by atoms with Crippen molar-refractivity contribution >= 4 is 28.1 Å². The molecule has 6 rings (SSSR count). The van der Waals surface area contributed by atoms with Crippen LogP contribution in [0.25, 0.3) is 22.2 Å². The lowest BCUT2D eigenvalue weighted by Crippen LogP contribution is -2.32. The molecule has 0 N–H and O–H groups in total. The monoisotopic (exact) mass is 502 g/mol. The summed E-state index contributed by atoms with van der Waals surface area (Å²) in [6.45, 7) is 2.65. The number of fused-ring (bicyclic) bond motifs is 2. The number of carbonyl (C=O) groups is 1. The van der Waals surface area contributed by atoms with Crippen LogP contribution in [0.1, 0.15) is 33.0 Å². The van der Waals surface area contributed by atoms with Gasteiger partial charge >= 0.3 is 0 Å². The average molecular weight is 503 g/mol. The van der Waals surface area contributed by atoms with Gasteiger partial charge in [-0.3, -0.25) is 4.79 Å². The second-order valence-corrected chi connectivity index (χ2v) is 10.3. The minimum absolute atomic E-state index is 0.0601. The van der Waals surface area contributed by atoms with Gasteiger partial charge in [-0.05, 0) is 67.8 Å². The number of benzene rings is 2. The molecular weight excluding hydrogens is 476 g/mol. The van der Waals surface area contributed by atoms with Crippen LogP contribution in [0.3, 0.4) is 0 Å². The molecule has 0 atom stereocenters. The van der Waals surface area contributed by atoms with E-state index < -0.39 is 0 Å². The Bertz CT molecular complexity index is 1480. The molecule has 184 valence electrons. The first-order valence-corrected chi connectivity index (χ1v) is 12.7. The fraction of sp³-hybridized carbons (Fsp3) is 0.286. The molecule has 3 heterocycles. The third-order valence-corrected chi connectivity index (χ3v) is 7.58. The molecule has 0 saturated heterocycles. The third-order valence-electron chi connectivity index (χ3n) is 6.59. The van der Waals surface area contributed by atoms with Gasteiger partial charge in [0, 0.05) is 34.5 Å². The summed E-state index contributed by atoms with van der Waals surface area (Å²) in [5.74, 6) is 2.82. The van der Waals surface area contributed by atoms with Crippen molar-refractivity contribution in [3.05, 3.63) is 63.8 Å². The molecular formula is C28H26N2O5S. The second-order valence-electron chi connectivity index (χ2n) is 9.04. The number of carbonyl (C=O) groups excluding carboxylic acids is 1. The van der Waals surface area contributed by atoms with Crippen molar-refractivity contribution in [1.82, 2.24) is 9.88 Å². The molecule has 0 spiro atoms. The van der Waals surface area contributed by atoms with Gasteiger partial charge in [-0.25, -0.2) is 4.98 Å². The standard InChI is InChI=1S/C28H26N2O5S/c1-16-4-9-26(36-16)28(31)30(19-5-6-19)14-18-10-17-11-24-25(35-15-34-24)13-22(17)29-27(18)21-12-20(32-2)7-8-23(21)33-3/h4,7-13,19H,5-6,14-15H2,1-3H3. The van der Waals surface area contributed by atoms with Gasteiger partial charge in [0.1, 0.15) is 11.5 Å². The van der Waals surface area contributed by atoms with Crippen LogP contribution in [0.4, 0.5) is 0 Å². The van der Waals surface area contributed by atoms with Crippen molar-refractivity contribution < 1.29 is 23.7 Å². The van der Waals surface area contributed by atoms with Crippen LogP contribution in [0.5, 0.6) is 23.0 Å². The number of aromatic nitrogens is 1. The van der Waals surface area contributed by atoms with Gasteiger partial charge < -0.3 is 23.8 Å². The molecule has 7 nitrogen and oxygen atoms in total. The van der Waals surface area contributed by atoms with E-state index in [1.54, 1.807) is 14.2 Å². The quantitative estimate of drug-likeness (QED) is 0.317. The zero-order chi connectivity index (χ0) is 24.8. The van der Waals surface area contributed by atoms with Crippen LogP contribution < -0.4 is 18.9 Å². The Labute approximate surface area is 213 Å². The second kappa shape index (κ2) is 9.02. The molecule has 36 heavy (non-hydrogen) atoms. The van der Waals surface area contributed by atoms with Gasteiger partial charge in [0.25, 0.3) is 5.91 Å². The Kier molecular flexibility index (Phi) is 5.68. The lowest BCUT2D eigenvalue weighted by Gasteiger charge is -2.24. The van der Waals surface area contributed by atoms with Crippen molar-refractivity contribution in [3.8, 4) is 34.3 Å². The number of aryl methyl sites for hydroxylation is 1. The Hall–Kier alpha value is -3.78. The van der Waals surface area contributed by atoms with E-state index in [1.165, 1.54) is 11.3 Å². The number of pyridine rings is 1. The fourth-order valence-corrected chi connectivity index (χ4v) is 5.41. The zero-order valence-corrected chi connectivity index (χ0v) is 21.2. The smallest absolute Gasteiger partial charge is 0.264 e. The summed E-state index contributed by atoms with van der Waals surface area (Å²) in [6.07, 6.45) is 2.02. The first kappa shape index (κ1) is 22.7. The Morgan fingerprint density at radius 2 is 1.86 bits per heavy atom.